The van der Waals surface area contributed by atoms with Gasteiger partial charge < -0.3 is 5.11 Å². The van der Waals surface area contributed by atoms with Crippen LogP contribution in [0.15, 0.2) is 36.7 Å². The molecule has 0 amide bonds. The van der Waals surface area contributed by atoms with Crippen molar-refractivity contribution in [1.82, 2.24) is 14.9 Å². The second-order valence-electron chi connectivity index (χ2n) is 8.14. The number of benzene rings is 1. The Morgan fingerprint density at radius 3 is 2.63 bits per heavy atom. The molecular formula is C22H28FN3O. The molecule has 1 aliphatic carbocycles. The maximum absolute atomic E-state index is 13.3. The van der Waals surface area contributed by atoms with Crippen LogP contribution in [-0.4, -0.2) is 33.1 Å². The molecule has 1 aromatic carbocycles. The quantitative estimate of drug-likeness (QED) is 0.873. The molecule has 2 fully saturated rings. The smallest absolute Gasteiger partial charge is 0.128 e. The Morgan fingerprint density at radius 2 is 1.93 bits per heavy atom. The van der Waals surface area contributed by atoms with E-state index in [9.17, 15) is 9.50 Å². The van der Waals surface area contributed by atoms with E-state index < -0.39 is 5.60 Å². The van der Waals surface area contributed by atoms with E-state index in [1.165, 1.54) is 12.1 Å². The standard InChI is InChI=1S/C22H28FN3O/c1-2-4-21-24-11-16(12-25-21)13-26-14-17-5-3-10-22(27,20(17)15-26)18-6-8-19(23)9-7-18/h6-9,11-12,17,20,27H,2-5,10,13-15H2,1H3/t17-,20-,22-/m0/s1. The van der Waals surface area contributed by atoms with E-state index in [2.05, 4.69) is 21.8 Å². The normalized spacial score (nSPS) is 28.3. The molecule has 4 nitrogen and oxygen atoms in total. The summed E-state index contributed by atoms with van der Waals surface area (Å²) in [5.74, 6) is 1.32. The fraction of sp³-hybridized carbons (Fsp3) is 0.545. The Kier molecular flexibility index (Phi) is 5.24. The van der Waals surface area contributed by atoms with Gasteiger partial charge in [0.1, 0.15) is 11.6 Å². The van der Waals surface area contributed by atoms with Crippen LogP contribution >= 0.6 is 0 Å². The number of hydrogen-bond acceptors (Lipinski definition) is 4. The number of nitrogens with zero attached hydrogens (tertiary/aromatic N) is 3. The first kappa shape index (κ1) is 18.5. The average molecular weight is 369 g/mol. The SMILES string of the molecule is CCCc1ncc(CN2C[C@@H]3CCC[C@](O)(c4ccc(F)cc4)[C@H]3C2)cn1. The lowest BCUT2D eigenvalue weighted by molar-refractivity contribution is -0.0648. The summed E-state index contributed by atoms with van der Waals surface area (Å²) in [5, 5.41) is 11.5. The van der Waals surface area contributed by atoms with E-state index in [1.807, 2.05) is 12.4 Å². The van der Waals surface area contributed by atoms with Crippen molar-refractivity contribution in [3.63, 3.8) is 0 Å². The maximum Gasteiger partial charge on any atom is 0.128 e. The van der Waals surface area contributed by atoms with Crippen molar-refractivity contribution in [3.8, 4) is 0 Å². The van der Waals surface area contributed by atoms with E-state index in [-0.39, 0.29) is 11.7 Å². The summed E-state index contributed by atoms with van der Waals surface area (Å²) in [6.07, 6.45) is 8.75. The number of halogens is 1. The van der Waals surface area contributed by atoms with Gasteiger partial charge >= 0.3 is 0 Å². The number of aryl methyl sites for hydroxylation is 1. The van der Waals surface area contributed by atoms with E-state index in [0.29, 0.717) is 5.92 Å². The Bertz CT molecular complexity index is 764. The molecule has 1 N–H and O–H groups in total. The van der Waals surface area contributed by atoms with Crippen LogP contribution in [-0.2, 0) is 18.6 Å². The minimum atomic E-state index is -0.854. The first-order chi connectivity index (χ1) is 13.1. The van der Waals surface area contributed by atoms with Gasteiger partial charge in [-0.25, -0.2) is 14.4 Å². The van der Waals surface area contributed by atoms with Crippen LogP contribution in [0.3, 0.4) is 0 Å². The van der Waals surface area contributed by atoms with E-state index >= 15 is 0 Å². The first-order valence-corrected chi connectivity index (χ1v) is 10.1. The fourth-order valence-electron chi connectivity index (χ4n) is 4.91. The number of rotatable bonds is 5. The zero-order valence-electron chi connectivity index (χ0n) is 15.9. The Morgan fingerprint density at radius 1 is 1.19 bits per heavy atom. The molecule has 3 atom stereocenters. The zero-order valence-corrected chi connectivity index (χ0v) is 15.9. The van der Waals surface area contributed by atoms with Crippen LogP contribution in [0.5, 0.6) is 0 Å². The highest BCUT2D eigenvalue weighted by Crippen LogP contribution is 2.48. The lowest BCUT2D eigenvalue weighted by Gasteiger charge is -2.41. The fourth-order valence-corrected chi connectivity index (χ4v) is 4.91. The van der Waals surface area contributed by atoms with Crippen LogP contribution in [0.2, 0.25) is 0 Å². The predicted octanol–water partition coefficient (Wildman–Crippen LogP) is 3.69. The summed E-state index contributed by atoms with van der Waals surface area (Å²) in [7, 11) is 0. The molecule has 27 heavy (non-hydrogen) atoms. The third-order valence-corrected chi connectivity index (χ3v) is 6.25. The average Bonchev–Trinajstić information content (AvgIpc) is 3.08. The monoisotopic (exact) mass is 369 g/mol. The molecule has 1 aromatic heterocycles. The van der Waals surface area contributed by atoms with Crippen molar-refractivity contribution in [1.29, 1.82) is 0 Å². The third-order valence-electron chi connectivity index (χ3n) is 6.25. The molecule has 2 aliphatic rings. The summed E-state index contributed by atoms with van der Waals surface area (Å²) in [4.78, 5) is 11.3. The van der Waals surface area contributed by atoms with Crippen molar-refractivity contribution >= 4 is 0 Å². The van der Waals surface area contributed by atoms with Crippen LogP contribution in [0.4, 0.5) is 4.39 Å². The van der Waals surface area contributed by atoms with E-state index in [0.717, 1.165) is 68.7 Å². The molecule has 2 heterocycles. The molecule has 0 spiro atoms. The lowest BCUT2D eigenvalue weighted by atomic mass is 9.67. The highest BCUT2D eigenvalue weighted by atomic mass is 19.1. The first-order valence-electron chi connectivity index (χ1n) is 10.1. The van der Waals surface area contributed by atoms with Gasteiger partial charge in [-0.2, -0.15) is 0 Å². The largest absolute Gasteiger partial charge is 0.385 e. The zero-order chi connectivity index (χ0) is 18.9. The van der Waals surface area contributed by atoms with Gasteiger partial charge in [-0.3, -0.25) is 4.90 Å². The Labute approximate surface area is 160 Å². The molecule has 1 saturated heterocycles. The summed E-state index contributed by atoms with van der Waals surface area (Å²) in [6.45, 7) is 4.80. The van der Waals surface area contributed by atoms with Gasteiger partial charge in [-0.1, -0.05) is 19.1 Å². The van der Waals surface area contributed by atoms with Crippen molar-refractivity contribution in [3.05, 3.63) is 59.4 Å². The van der Waals surface area contributed by atoms with Crippen LogP contribution in [0.25, 0.3) is 0 Å². The number of fused-ring (bicyclic) bond motifs is 1. The highest BCUT2D eigenvalue weighted by molar-refractivity contribution is 5.26. The molecule has 2 aromatic rings. The maximum atomic E-state index is 13.3. The van der Waals surface area contributed by atoms with Crippen molar-refractivity contribution in [2.24, 2.45) is 11.8 Å². The minimum absolute atomic E-state index is 0.192. The van der Waals surface area contributed by atoms with Crippen LogP contribution in [0, 0.1) is 17.7 Å². The van der Waals surface area contributed by atoms with Gasteiger partial charge in [-0.15, -0.1) is 0 Å². The van der Waals surface area contributed by atoms with Crippen molar-refractivity contribution in [2.75, 3.05) is 13.1 Å². The van der Waals surface area contributed by atoms with Crippen LogP contribution < -0.4 is 0 Å². The summed E-state index contributed by atoms with van der Waals surface area (Å²) in [6, 6.07) is 6.42. The summed E-state index contributed by atoms with van der Waals surface area (Å²) >= 11 is 0. The Hall–Kier alpha value is -1.85. The molecule has 1 saturated carbocycles. The predicted molar refractivity (Wildman–Crippen MR) is 102 cm³/mol. The van der Waals surface area contributed by atoms with Gasteiger partial charge in [0.2, 0.25) is 0 Å². The molecule has 0 unspecified atom stereocenters. The molecule has 4 rings (SSSR count). The second-order valence-corrected chi connectivity index (χ2v) is 8.14. The van der Waals surface area contributed by atoms with Crippen molar-refractivity contribution in [2.45, 2.75) is 51.2 Å². The van der Waals surface area contributed by atoms with E-state index in [4.69, 9.17) is 0 Å². The van der Waals surface area contributed by atoms with Gasteiger partial charge in [-0.05, 0) is 49.3 Å². The second kappa shape index (κ2) is 7.64. The molecule has 144 valence electrons. The highest BCUT2D eigenvalue weighted by Gasteiger charge is 2.49. The van der Waals surface area contributed by atoms with Gasteiger partial charge in [0.15, 0.2) is 0 Å². The molecule has 1 aliphatic heterocycles. The molecule has 0 radical (unpaired) electrons. The van der Waals surface area contributed by atoms with Gasteiger partial charge in [0.25, 0.3) is 0 Å². The summed E-state index contributed by atoms with van der Waals surface area (Å²) in [5.41, 5.74) is 1.12. The number of aliphatic hydroxyl groups is 1. The molecule has 5 heteroatoms. The molecule has 0 bridgehead atoms. The lowest BCUT2D eigenvalue weighted by Crippen LogP contribution is -2.42. The van der Waals surface area contributed by atoms with Crippen LogP contribution in [0.1, 0.15) is 49.6 Å². The van der Waals surface area contributed by atoms with Crippen molar-refractivity contribution < 1.29 is 9.50 Å². The van der Waals surface area contributed by atoms with Gasteiger partial charge in [0.05, 0.1) is 5.60 Å². The number of aromatic nitrogens is 2. The van der Waals surface area contributed by atoms with E-state index in [1.54, 1.807) is 12.1 Å². The third kappa shape index (κ3) is 3.76. The summed E-state index contributed by atoms with van der Waals surface area (Å²) < 4.78 is 13.3. The number of hydrogen-bond donors (Lipinski definition) is 1. The minimum Gasteiger partial charge on any atom is -0.385 e. The van der Waals surface area contributed by atoms with Gasteiger partial charge in [0, 0.05) is 49.9 Å². The molecular weight excluding hydrogens is 341 g/mol. The topological polar surface area (TPSA) is 49.2 Å². The Balaban J connectivity index is 1.48. The number of likely N-dealkylation sites (tertiary alicyclic amines) is 1.